The van der Waals surface area contributed by atoms with Crippen LogP contribution in [-0.4, -0.2) is 41.6 Å². The normalized spacial score (nSPS) is 12.0. The molecule has 0 saturated heterocycles. The Morgan fingerprint density at radius 1 is 0.972 bits per heavy atom. The number of amides is 3. The Hall–Kier alpha value is -3.94. The molecule has 8 heteroatoms. The number of hydrogen-bond donors (Lipinski definition) is 1. The first kappa shape index (κ1) is 25.2. The maximum atomic E-state index is 13.6. The van der Waals surface area contributed by atoms with Gasteiger partial charge in [-0.05, 0) is 66.8 Å². The van der Waals surface area contributed by atoms with Gasteiger partial charge in [-0.15, -0.1) is 0 Å². The lowest BCUT2D eigenvalue weighted by atomic mass is 10.1. The van der Waals surface area contributed by atoms with E-state index in [1.54, 1.807) is 22.1 Å². The molecular formula is C28H33N3O5. The summed E-state index contributed by atoms with van der Waals surface area (Å²) >= 11 is 0. The molecule has 0 bridgehead atoms. The van der Waals surface area contributed by atoms with Crippen LogP contribution >= 0.6 is 0 Å². The Balaban J connectivity index is 1.52. The number of aryl methyl sites for hydroxylation is 1. The number of ether oxygens (including phenoxy) is 2. The van der Waals surface area contributed by atoms with Crippen molar-refractivity contribution in [1.82, 2.24) is 9.80 Å². The summed E-state index contributed by atoms with van der Waals surface area (Å²) in [5.74, 6) is 2.02. The molecule has 8 nitrogen and oxygen atoms in total. The molecule has 0 unspecified atom stereocenters. The molecule has 2 heterocycles. The molecule has 4 rings (SSSR count). The molecular weight excluding hydrogens is 458 g/mol. The third-order valence-corrected chi connectivity index (χ3v) is 6.14. The minimum atomic E-state index is -0.299. The van der Waals surface area contributed by atoms with Gasteiger partial charge in [0.15, 0.2) is 11.5 Å². The summed E-state index contributed by atoms with van der Waals surface area (Å²) in [6, 6.07) is 14.7. The van der Waals surface area contributed by atoms with Crippen molar-refractivity contribution >= 4 is 17.6 Å². The van der Waals surface area contributed by atoms with Gasteiger partial charge in [-0.25, -0.2) is 4.79 Å². The fourth-order valence-corrected chi connectivity index (χ4v) is 4.09. The number of nitrogens with zero attached hydrogens (tertiary/aromatic N) is 2. The Labute approximate surface area is 211 Å². The molecule has 0 fully saturated rings. The van der Waals surface area contributed by atoms with Crippen molar-refractivity contribution in [3.63, 3.8) is 0 Å². The minimum absolute atomic E-state index is 0.0554. The van der Waals surface area contributed by atoms with Crippen LogP contribution in [-0.2, 0) is 17.9 Å². The van der Waals surface area contributed by atoms with E-state index in [2.05, 4.69) is 5.32 Å². The number of carbonyl (C=O) groups excluding carboxylic acids is 2. The molecule has 0 atom stereocenters. The average Bonchev–Trinajstić information content (AvgIpc) is 3.52. The predicted octanol–water partition coefficient (Wildman–Crippen LogP) is 5.34. The number of hydrogen-bond acceptors (Lipinski definition) is 5. The lowest BCUT2D eigenvalue weighted by Gasteiger charge is -2.29. The predicted molar refractivity (Wildman–Crippen MR) is 137 cm³/mol. The number of benzene rings is 2. The molecule has 1 N–H and O–H groups in total. The minimum Gasteiger partial charge on any atom is -0.467 e. The SMILES string of the molecule is Cc1cccc(NC(=O)N(CC(=O)N(Cc2ccc3c(c2)OCO3)Cc2ccco2)CC(C)C)c1C. The highest BCUT2D eigenvalue weighted by molar-refractivity contribution is 5.93. The molecule has 1 aromatic heterocycles. The van der Waals surface area contributed by atoms with Gasteiger partial charge in [0.05, 0.1) is 12.8 Å². The molecule has 190 valence electrons. The second-order valence-electron chi connectivity index (χ2n) is 9.47. The van der Waals surface area contributed by atoms with Gasteiger partial charge in [-0.3, -0.25) is 4.79 Å². The van der Waals surface area contributed by atoms with E-state index in [0.29, 0.717) is 30.3 Å². The number of anilines is 1. The third-order valence-electron chi connectivity index (χ3n) is 6.14. The second kappa shape index (κ2) is 11.2. The van der Waals surface area contributed by atoms with Crippen molar-refractivity contribution < 1.29 is 23.5 Å². The van der Waals surface area contributed by atoms with E-state index < -0.39 is 0 Å². The van der Waals surface area contributed by atoms with Gasteiger partial charge in [0.1, 0.15) is 12.3 Å². The highest BCUT2D eigenvalue weighted by Crippen LogP contribution is 2.33. The largest absolute Gasteiger partial charge is 0.467 e. The van der Waals surface area contributed by atoms with Gasteiger partial charge in [0.25, 0.3) is 0 Å². The summed E-state index contributed by atoms with van der Waals surface area (Å²) in [6.45, 7) is 9.22. The van der Waals surface area contributed by atoms with Crippen LogP contribution in [0.5, 0.6) is 11.5 Å². The zero-order valence-corrected chi connectivity index (χ0v) is 21.2. The summed E-state index contributed by atoms with van der Waals surface area (Å²) in [6.07, 6.45) is 1.58. The van der Waals surface area contributed by atoms with Gasteiger partial charge in [-0.1, -0.05) is 32.0 Å². The topological polar surface area (TPSA) is 84.3 Å². The molecule has 3 amide bonds. The standard InChI is InChI=1S/C28H33N3O5/c1-19(2)14-31(28(33)29-24-9-5-7-20(3)21(24)4)17-27(32)30(16-23-8-6-12-34-23)15-22-10-11-25-26(13-22)36-18-35-25/h5-13,19H,14-18H2,1-4H3,(H,29,33). The van der Waals surface area contributed by atoms with Crippen LogP contribution in [0, 0.1) is 19.8 Å². The fraction of sp³-hybridized carbons (Fsp3) is 0.357. The summed E-state index contributed by atoms with van der Waals surface area (Å²) in [5, 5.41) is 2.99. The average molecular weight is 492 g/mol. The van der Waals surface area contributed by atoms with Gasteiger partial charge in [0.2, 0.25) is 12.7 Å². The van der Waals surface area contributed by atoms with Gasteiger partial charge in [-0.2, -0.15) is 0 Å². The zero-order chi connectivity index (χ0) is 25.7. The molecule has 36 heavy (non-hydrogen) atoms. The van der Waals surface area contributed by atoms with Crippen molar-refractivity contribution in [2.45, 2.75) is 40.8 Å². The number of rotatable bonds is 9. The first-order chi connectivity index (χ1) is 17.3. The first-order valence-corrected chi connectivity index (χ1v) is 12.1. The van der Waals surface area contributed by atoms with Crippen molar-refractivity contribution in [2.75, 3.05) is 25.2 Å². The van der Waals surface area contributed by atoms with E-state index in [-0.39, 0.29) is 37.7 Å². The highest BCUT2D eigenvalue weighted by atomic mass is 16.7. The Morgan fingerprint density at radius 2 is 1.78 bits per heavy atom. The van der Waals surface area contributed by atoms with E-state index >= 15 is 0 Å². The smallest absolute Gasteiger partial charge is 0.322 e. The van der Waals surface area contributed by atoms with Crippen molar-refractivity contribution in [3.05, 3.63) is 77.2 Å². The monoisotopic (exact) mass is 491 g/mol. The van der Waals surface area contributed by atoms with Gasteiger partial charge >= 0.3 is 6.03 Å². The molecule has 2 aromatic carbocycles. The molecule has 0 saturated carbocycles. The van der Waals surface area contributed by atoms with Gasteiger partial charge in [0, 0.05) is 18.8 Å². The number of urea groups is 1. The first-order valence-electron chi connectivity index (χ1n) is 12.1. The molecule has 0 radical (unpaired) electrons. The van der Waals surface area contributed by atoms with Crippen LogP contribution in [0.1, 0.15) is 36.3 Å². The van der Waals surface area contributed by atoms with E-state index in [1.165, 1.54) is 0 Å². The lowest BCUT2D eigenvalue weighted by molar-refractivity contribution is -0.133. The van der Waals surface area contributed by atoms with Crippen LogP contribution in [0.15, 0.2) is 59.2 Å². The Bertz CT molecular complexity index is 1210. The maximum absolute atomic E-state index is 13.6. The van der Waals surface area contributed by atoms with E-state index in [9.17, 15) is 9.59 Å². The molecule has 1 aliphatic rings. The number of carbonyl (C=O) groups is 2. The molecule has 1 aliphatic heterocycles. The number of furan rings is 1. The van der Waals surface area contributed by atoms with Crippen LogP contribution in [0.25, 0.3) is 0 Å². The number of nitrogens with one attached hydrogen (secondary N) is 1. The zero-order valence-electron chi connectivity index (χ0n) is 21.2. The molecule has 0 spiro atoms. The summed E-state index contributed by atoms with van der Waals surface area (Å²) in [4.78, 5) is 30.1. The Kier molecular flexibility index (Phi) is 7.83. The summed E-state index contributed by atoms with van der Waals surface area (Å²) in [5.41, 5.74) is 3.74. The maximum Gasteiger partial charge on any atom is 0.322 e. The van der Waals surface area contributed by atoms with Crippen LogP contribution in [0.2, 0.25) is 0 Å². The van der Waals surface area contributed by atoms with Crippen molar-refractivity contribution in [3.8, 4) is 11.5 Å². The third kappa shape index (κ3) is 6.19. The quantitative estimate of drug-likeness (QED) is 0.437. The van der Waals surface area contributed by atoms with Crippen LogP contribution in [0.4, 0.5) is 10.5 Å². The van der Waals surface area contributed by atoms with E-state index in [0.717, 1.165) is 22.4 Å². The fourth-order valence-electron chi connectivity index (χ4n) is 4.09. The number of fused-ring (bicyclic) bond motifs is 1. The Morgan fingerprint density at radius 3 is 2.53 bits per heavy atom. The summed E-state index contributed by atoms with van der Waals surface area (Å²) < 4.78 is 16.4. The van der Waals surface area contributed by atoms with Crippen molar-refractivity contribution in [2.24, 2.45) is 5.92 Å². The lowest BCUT2D eigenvalue weighted by Crippen LogP contribution is -2.45. The second-order valence-corrected chi connectivity index (χ2v) is 9.47. The van der Waals surface area contributed by atoms with Crippen molar-refractivity contribution in [1.29, 1.82) is 0 Å². The summed E-state index contributed by atoms with van der Waals surface area (Å²) in [7, 11) is 0. The van der Waals surface area contributed by atoms with Gasteiger partial charge < -0.3 is 29.0 Å². The van der Waals surface area contributed by atoms with Crippen LogP contribution < -0.4 is 14.8 Å². The molecule has 0 aliphatic carbocycles. The highest BCUT2D eigenvalue weighted by Gasteiger charge is 2.24. The van der Waals surface area contributed by atoms with E-state index in [4.69, 9.17) is 13.9 Å². The van der Waals surface area contributed by atoms with E-state index in [1.807, 2.05) is 70.2 Å². The van der Waals surface area contributed by atoms with Crippen LogP contribution in [0.3, 0.4) is 0 Å². The molecule has 3 aromatic rings.